The Morgan fingerprint density at radius 2 is 1.36 bits per heavy atom. The quantitative estimate of drug-likeness (QED) is 0.0866. The minimum absolute atomic E-state index is 0.164. The molecule has 0 unspecified atom stereocenters. The van der Waals surface area contributed by atoms with E-state index in [0.29, 0.717) is 3.28 Å². The number of aliphatic hydroxyl groups is 7. The van der Waals surface area contributed by atoms with Crippen molar-refractivity contribution in [3.05, 3.63) is 24.3 Å². The first kappa shape index (κ1) is 26.5. The van der Waals surface area contributed by atoms with Gasteiger partial charge in [-0.15, -0.1) is 0 Å². The molecule has 2 aliphatic rings. The van der Waals surface area contributed by atoms with Gasteiger partial charge in [0, 0.05) is 0 Å². The van der Waals surface area contributed by atoms with Crippen molar-refractivity contribution in [2.45, 2.75) is 61.4 Å². The van der Waals surface area contributed by atoms with Gasteiger partial charge in [0.25, 0.3) is 21.5 Å². The molecule has 14 nitrogen and oxygen atoms in total. The van der Waals surface area contributed by atoms with E-state index >= 15 is 0 Å². The fraction of sp³-hybridized carbons (Fsp3) is 0.667. The third-order valence-electron chi connectivity index (χ3n) is 5.31. The summed E-state index contributed by atoms with van der Waals surface area (Å²) in [6, 6.07) is 5.58. The van der Waals surface area contributed by atoms with E-state index < -0.39 is 96.1 Å². The fourth-order valence-electron chi connectivity index (χ4n) is 3.37. The van der Waals surface area contributed by atoms with E-state index in [1.54, 1.807) is 0 Å². The Balaban J connectivity index is 1.63. The zero-order chi connectivity index (χ0) is 24.3. The molecule has 10 atom stereocenters. The number of ether oxygens (including phenoxy) is 4. The number of aliphatic hydroxyl groups excluding tert-OH is 7. The molecule has 15 heteroatoms. The van der Waals surface area contributed by atoms with Crippen LogP contribution in [-0.4, -0.2) is 116 Å². The summed E-state index contributed by atoms with van der Waals surface area (Å²) in [5, 5.41) is 79.0. The van der Waals surface area contributed by atoms with Gasteiger partial charge < -0.3 is 54.7 Å². The first-order valence-corrected chi connectivity index (χ1v) is 11.7. The highest BCUT2D eigenvalue weighted by atomic mass is 127. The Morgan fingerprint density at radius 1 is 0.818 bits per heavy atom. The summed E-state index contributed by atoms with van der Waals surface area (Å²) >= 11 is -1.82. The van der Waals surface area contributed by atoms with Crippen molar-refractivity contribution in [3.8, 4) is 5.75 Å². The van der Waals surface area contributed by atoms with E-state index in [0.717, 1.165) is 0 Å². The largest absolute Gasteiger partial charge is 0.462 e. The Morgan fingerprint density at radius 3 is 1.94 bits per heavy atom. The molecule has 8 N–H and O–H groups in total. The molecule has 0 aromatic heterocycles. The SMILES string of the molecule is O=IN(O)c1ccc(O[C@@H]2O[C@H](CO[C@@H]3O[C@H](CO)[C@H](O)[C@H](O)[C@H]3O)[C@H](O)[C@H](O)[C@H]2O)cc1. The van der Waals surface area contributed by atoms with Crippen molar-refractivity contribution < 1.29 is 63.0 Å². The van der Waals surface area contributed by atoms with Crippen LogP contribution >= 0.6 is 21.5 Å². The van der Waals surface area contributed by atoms with Crippen LogP contribution in [0.3, 0.4) is 0 Å². The number of rotatable bonds is 8. The average molecular weight is 591 g/mol. The lowest BCUT2D eigenvalue weighted by Crippen LogP contribution is -2.62. The molecule has 1 aromatic rings. The lowest BCUT2D eigenvalue weighted by atomic mass is 9.98. The van der Waals surface area contributed by atoms with Gasteiger partial charge in [0.1, 0.15) is 54.6 Å². The van der Waals surface area contributed by atoms with Crippen molar-refractivity contribution in [2.75, 3.05) is 16.5 Å². The zero-order valence-electron chi connectivity index (χ0n) is 16.9. The standard InChI is InChI=1S/C18H26INO13/c21-5-9-11(22)13(24)15(26)17(32-9)30-6-10-12(23)14(25)16(27)18(33-10)31-8-3-1-7(2-4-8)20(29)19-28/h1-4,9-18,21-27,29H,5-6H2/t9-,10-,11+,12+,13+,14+,15-,16-,17-,18-/m1/s1. The smallest absolute Gasteiger partial charge is 0.300 e. The number of hydrogen-bond acceptors (Lipinski definition) is 13. The van der Waals surface area contributed by atoms with Crippen LogP contribution in [-0.2, 0) is 17.3 Å². The summed E-state index contributed by atoms with van der Waals surface area (Å²) in [6.45, 7) is -1.14. The molecule has 2 heterocycles. The van der Waals surface area contributed by atoms with Crippen LogP contribution in [0.1, 0.15) is 0 Å². The molecule has 0 bridgehead atoms. The van der Waals surface area contributed by atoms with Gasteiger partial charge in [-0.1, -0.05) is 0 Å². The zero-order valence-corrected chi connectivity index (χ0v) is 19.1. The van der Waals surface area contributed by atoms with Crippen LogP contribution in [0.5, 0.6) is 5.75 Å². The highest BCUT2D eigenvalue weighted by Crippen LogP contribution is 2.28. The number of halogens is 1. The van der Waals surface area contributed by atoms with Gasteiger partial charge in [0.15, 0.2) is 6.29 Å². The van der Waals surface area contributed by atoms with Gasteiger partial charge in [0.05, 0.1) is 18.9 Å². The predicted molar refractivity (Wildman–Crippen MR) is 112 cm³/mol. The van der Waals surface area contributed by atoms with E-state index in [-0.39, 0.29) is 11.4 Å². The maximum atomic E-state index is 10.8. The van der Waals surface area contributed by atoms with Crippen LogP contribution in [0.15, 0.2) is 24.3 Å². The van der Waals surface area contributed by atoms with Gasteiger partial charge >= 0.3 is 0 Å². The molecule has 33 heavy (non-hydrogen) atoms. The number of nitrogens with zero attached hydrogens (tertiary/aromatic N) is 1. The highest BCUT2D eigenvalue weighted by Gasteiger charge is 2.47. The second-order valence-corrected chi connectivity index (χ2v) is 8.79. The number of benzene rings is 1. The van der Waals surface area contributed by atoms with E-state index in [2.05, 4.69) is 0 Å². The molecule has 188 valence electrons. The molecule has 0 saturated carbocycles. The number of hydrogen-bond donors (Lipinski definition) is 8. The van der Waals surface area contributed by atoms with Crippen LogP contribution in [0, 0.1) is 0 Å². The van der Waals surface area contributed by atoms with E-state index in [1.807, 2.05) is 0 Å². The number of anilines is 1. The molecule has 3 rings (SSSR count). The molecule has 0 amide bonds. The Kier molecular flexibility index (Phi) is 9.29. The van der Waals surface area contributed by atoms with Gasteiger partial charge in [0.2, 0.25) is 6.29 Å². The molecule has 0 radical (unpaired) electrons. The predicted octanol–water partition coefficient (Wildman–Crippen LogP) is -2.88. The fourth-order valence-corrected chi connectivity index (χ4v) is 3.92. The third-order valence-corrected chi connectivity index (χ3v) is 6.24. The summed E-state index contributed by atoms with van der Waals surface area (Å²) in [7, 11) is 0. The first-order chi connectivity index (χ1) is 15.7. The van der Waals surface area contributed by atoms with Gasteiger partial charge in [-0.25, -0.2) is 3.07 Å². The van der Waals surface area contributed by atoms with Crippen LogP contribution in [0.25, 0.3) is 0 Å². The lowest BCUT2D eigenvalue weighted by Gasteiger charge is -2.42. The maximum absolute atomic E-state index is 10.8. The van der Waals surface area contributed by atoms with Crippen molar-refractivity contribution in [1.29, 1.82) is 0 Å². The Labute approximate surface area is 198 Å². The monoisotopic (exact) mass is 591 g/mol. The molecule has 1 aromatic carbocycles. The van der Waals surface area contributed by atoms with Crippen molar-refractivity contribution >= 4 is 27.2 Å². The summed E-state index contributed by atoms with van der Waals surface area (Å²) in [5.41, 5.74) is 0.247. The van der Waals surface area contributed by atoms with Crippen molar-refractivity contribution in [3.63, 3.8) is 0 Å². The summed E-state index contributed by atoms with van der Waals surface area (Å²) < 4.78 is 33.0. The topological polar surface area (TPSA) is 219 Å². The average Bonchev–Trinajstić information content (AvgIpc) is 2.83. The third kappa shape index (κ3) is 5.95. The molecular weight excluding hydrogens is 565 g/mol. The molecule has 0 aliphatic carbocycles. The van der Waals surface area contributed by atoms with Gasteiger partial charge in [-0.2, -0.15) is 3.28 Å². The van der Waals surface area contributed by atoms with Gasteiger partial charge in [-0.05, 0) is 24.3 Å². The molecular formula is C18H26INO13. The highest BCUT2D eigenvalue weighted by molar-refractivity contribution is 14.1. The molecule has 2 aliphatic heterocycles. The Bertz CT molecular complexity index is 770. The second-order valence-electron chi connectivity index (χ2n) is 7.49. The van der Waals surface area contributed by atoms with Crippen LogP contribution in [0.2, 0.25) is 0 Å². The van der Waals surface area contributed by atoms with Crippen LogP contribution in [0.4, 0.5) is 5.69 Å². The molecule has 0 spiro atoms. The van der Waals surface area contributed by atoms with Crippen LogP contribution < -0.4 is 8.01 Å². The summed E-state index contributed by atoms with van der Waals surface area (Å²) in [6.07, 6.45) is -15.3. The van der Waals surface area contributed by atoms with Crippen molar-refractivity contribution in [2.24, 2.45) is 0 Å². The Hall–Kier alpha value is -1.09. The lowest BCUT2D eigenvalue weighted by molar-refractivity contribution is -0.323. The molecule has 2 fully saturated rings. The molecule has 2 saturated heterocycles. The summed E-state index contributed by atoms with van der Waals surface area (Å²) in [5.74, 6) is 0.164. The van der Waals surface area contributed by atoms with E-state index in [4.69, 9.17) is 18.9 Å². The van der Waals surface area contributed by atoms with E-state index in [9.17, 15) is 44.0 Å². The second kappa shape index (κ2) is 11.6. The van der Waals surface area contributed by atoms with Gasteiger partial charge in [-0.3, -0.25) is 5.21 Å². The normalized spacial score (nSPS) is 39.3. The minimum atomic E-state index is -1.82. The van der Waals surface area contributed by atoms with Crippen molar-refractivity contribution in [1.82, 2.24) is 0 Å². The minimum Gasteiger partial charge on any atom is -0.462 e. The summed E-state index contributed by atoms with van der Waals surface area (Å²) in [4.78, 5) is 0. The maximum Gasteiger partial charge on any atom is 0.300 e. The first-order valence-electron chi connectivity index (χ1n) is 9.82. The van der Waals surface area contributed by atoms with E-state index in [1.165, 1.54) is 24.3 Å².